The third-order valence-corrected chi connectivity index (χ3v) is 2.40. The minimum Gasteiger partial charge on any atom is -0.464 e. The summed E-state index contributed by atoms with van der Waals surface area (Å²) in [6.07, 6.45) is 2.84. The van der Waals surface area contributed by atoms with Crippen LogP contribution in [0.25, 0.3) is 11.3 Å². The first-order valence-electron chi connectivity index (χ1n) is 5.38. The van der Waals surface area contributed by atoms with Gasteiger partial charge in [0.05, 0.1) is 6.26 Å². The molecule has 15 heavy (non-hydrogen) atoms. The van der Waals surface area contributed by atoms with Crippen LogP contribution in [-0.4, -0.2) is 0 Å². The molecule has 0 N–H and O–H groups in total. The molecule has 2 aromatic rings. The molecule has 0 amide bonds. The molecule has 0 aliphatic heterocycles. The normalized spacial score (nSPS) is 10.9. The summed E-state index contributed by atoms with van der Waals surface area (Å²) in [7, 11) is 0. The van der Waals surface area contributed by atoms with Gasteiger partial charge in [-0.25, -0.2) is 0 Å². The molecule has 0 spiro atoms. The van der Waals surface area contributed by atoms with Crippen molar-refractivity contribution >= 4 is 0 Å². The SMILES string of the molecule is CC(C)Cc1ccc(-c2ccco2)cc1. The molecule has 0 saturated heterocycles. The van der Waals surface area contributed by atoms with Crippen molar-refractivity contribution in [3.05, 3.63) is 48.2 Å². The second kappa shape index (κ2) is 4.35. The van der Waals surface area contributed by atoms with E-state index in [9.17, 15) is 0 Å². The lowest BCUT2D eigenvalue weighted by atomic mass is 10.0. The van der Waals surface area contributed by atoms with Crippen molar-refractivity contribution in [2.75, 3.05) is 0 Å². The topological polar surface area (TPSA) is 13.1 Å². The minimum atomic E-state index is 0.708. The maximum Gasteiger partial charge on any atom is 0.133 e. The highest BCUT2D eigenvalue weighted by atomic mass is 16.3. The van der Waals surface area contributed by atoms with Crippen molar-refractivity contribution < 1.29 is 4.42 Å². The Bertz CT molecular complexity index is 395. The van der Waals surface area contributed by atoms with Crippen LogP contribution in [0.5, 0.6) is 0 Å². The minimum absolute atomic E-state index is 0.708. The Labute approximate surface area is 90.7 Å². The Morgan fingerprint density at radius 3 is 2.33 bits per heavy atom. The van der Waals surface area contributed by atoms with Crippen molar-refractivity contribution in [2.45, 2.75) is 20.3 Å². The van der Waals surface area contributed by atoms with Gasteiger partial charge in [0.15, 0.2) is 0 Å². The summed E-state index contributed by atoms with van der Waals surface area (Å²) >= 11 is 0. The summed E-state index contributed by atoms with van der Waals surface area (Å²) in [6.45, 7) is 4.47. The highest BCUT2D eigenvalue weighted by molar-refractivity contribution is 5.57. The van der Waals surface area contributed by atoms with E-state index >= 15 is 0 Å². The van der Waals surface area contributed by atoms with Crippen LogP contribution >= 0.6 is 0 Å². The summed E-state index contributed by atoms with van der Waals surface area (Å²) < 4.78 is 5.34. The van der Waals surface area contributed by atoms with Gasteiger partial charge in [0, 0.05) is 5.56 Å². The number of hydrogen-bond donors (Lipinski definition) is 0. The molecule has 0 atom stereocenters. The van der Waals surface area contributed by atoms with Crippen LogP contribution in [0.15, 0.2) is 47.1 Å². The number of hydrogen-bond acceptors (Lipinski definition) is 1. The molecule has 1 heterocycles. The van der Waals surface area contributed by atoms with Crippen molar-refractivity contribution in [3.8, 4) is 11.3 Å². The van der Waals surface area contributed by atoms with Gasteiger partial charge < -0.3 is 4.42 Å². The van der Waals surface area contributed by atoms with Gasteiger partial charge in [-0.2, -0.15) is 0 Å². The van der Waals surface area contributed by atoms with Gasteiger partial charge in [0.25, 0.3) is 0 Å². The van der Waals surface area contributed by atoms with Gasteiger partial charge >= 0.3 is 0 Å². The quantitative estimate of drug-likeness (QED) is 0.725. The lowest BCUT2D eigenvalue weighted by Gasteiger charge is -2.05. The van der Waals surface area contributed by atoms with Gasteiger partial charge in [-0.15, -0.1) is 0 Å². The molecule has 1 heteroatoms. The monoisotopic (exact) mass is 200 g/mol. The van der Waals surface area contributed by atoms with Crippen LogP contribution in [0.1, 0.15) is 19.4 Å². The smallest absolute Gasteiger partial charge is 0.133 e. The zero-order chi connectivity index (χ0) is 10.7. The largest absolute Gasteiger partial charge is 0.464 e. The van der Waals surface area contributed by atoms with E-state index in [1.165, 1.54) is 5.56 Å². The average molecular weight is 200 g/mol. The van der Waals surface area contributed by atoms with Crippen LogP contribution in [-0.2, 0) is 6.42 Å². The number of rotatable bonds is 3. The molecule has 0 unspecified atom stereocenters. The second-order valence-corrected chi connectivity index (χ2v) is 4.27. The Morgan fingerprint density at radius 2 is 1.80 bits per heavy atom. The third-order valence-electron chi connectivity index (χ3n) is 2.40. The van der Waals surface area contributed by atoms with Crippen molar-refractivity contribution in [2.24, 2.45) is 5.92 Å². The molecule has 2 rings (SSSR count). The zero-order valence-corrected chi connectivity index (χ0v) is 9.23. The second-order valence-electron chi connectivity index (χ2n) is 4.27. The van der Waals surface area contributed by atoms with E-state index in [0.29, 0.717) is 5.92 Å². The van der Waals surface area contributed by atoms with Crippen LogP contribution in [0.3, 0.4) is 0 Å². The highest BCUT2D eigenvalue weighted by Gasteiger charge is 2.01. The third kappa shape index (κ3) is 2.50. The van der Waals surface area contributed by atoms with Gasteiger partial charge in [0.1, 0.15) is 5.76 Å². The summed E-state index contributed by atoms with van der Waals surface area (Å²) in [5, 5.41) is 0. The standard InChI is InChI=1S/C14H16O/c1-11(2)10-12-5-7-13(8-6-12)14-4-3-9-15-14/h3-9,11H,10H2,1-2H3. The number of furan rings is 1. The van der Waals surface area contributed by atoms with Crippen LogP contribution in [0, 0.1) is 5.92 Å². The maximum atomic E-state index is 5.34. The predicted octanol–water partition coefficient (Wildman–Crippen LogP) is 4.15. The van der Waals surface area contributed by atoms with Crippen molar-refractivity contribution in [1.82, 2.24) is 0 Å². The molecular weight excluding hydrogens is 184 g/mol. The van der Waals surface area contributed by atoms with E-state index in [1.807, 2.05) is 12.1 Å². The Morgan fingerprint density at radius 1 is 1.07 bits per heavy atom. The fourth-order valence-electron chi connectivity index (χ4n) is 1.72. The molecule has 0 aliphatic rings. The van der Waals surface area contributed by atoms with E-state index in [0.717, 1.165) is 17.7 Å². The van der Waals surface area contributed by atoms with Gasteiger partial charge in [-0.1, -0.05) is 38.1 Å². The molecule has 0 bridgehead atoms. The summed E-state index contributed by atoms with van der Waals surface area (Å²) in [5.41, 5.74) is 2.54. The van der Waals surface area contributed by atoms with Crippen LogP contribution in [0.2, 0.25) is 0 Å². The van der Waals surface area contributed by atoms with E-state index in [1.54, 1.807) is 6.26 Å². The first kappa shape index (κ1) is 10.0. The van der Waals surface area contributed by atoms with Gasteiger partial charge in [0.2, 0.25) is 0 Å². The Kier molecular flexibility index (Phi) is 2.91. The summed E-state index contributed by atoms with van der Waals surface area (Å²) in [6, 6.07) is 12.5. The van der Waals surface area contributed by atoms with Crippen LogP contribution < -0.4 is 0 Å². The first-order valence-corrected chi connectivity index (χ1v) is 5.38. The molecule has 0 radical (unpaired) electrons. The highest BCUT2D eigenvalue weighted by Crippen LogP contribution is 2.20. The Balaban J connectivity index is 2.17. The van der Waals surface area contributed by atoms with E-state index in [2.05, 4.69) is 38.1 Å². The Hall–Kier alpha value is -1.50. The molecule has 1 aromatic carbocycles. The van der Waals surface area contributed by atoms with Gasteiger partial charge in [-0.3, -0.25) is 0 Å². The lowest BCUT2D eigenvalue weighted by Crippen LogP contribution is -1.93. The van der Waals surface area contributed by atoms with Crippen LogP contribution in [0.4, 0.5) is 0 Å². The van der Waals surface area contributed by atoms with Crippen molar-refractivity contribution in [3.63, 3.8) is 0 Å². The molecule has 78 valence electrons. The predicted molar refractivity (Wildman–Crippen MR) is 62.7 cm³/mol. The summed E-state index contributed by atoms with van der Waals surface area (Å²) in [4.78, 5) is 0. The fourth-order valence-corrected chi connectivity index (χ4v) is 1.72. The van der Waals surface area contributed by atoms with Crippen molar-refractivity contribution in [1.29, 1.82) is 0 Å². The zero-order valence-electron chi connectivity index (χ0n) is 9.23. The maximum absolute atomic E-state index is 5.34. The van der Waals surface area contributed by atoms with E-state index in [-0.39, 0.29) is 0 Å². The van der Waals surface area contributed by atoms with E-state index in [4.69, 9.17) is 4.42 Å². The molecule has 0 aliphatic carbocycles. The lowest BCUT2D eigenvalue weighted by molar-refractivity contribution is 0.582. The molecule has 1 aromatic heterocycles. The molecule has 1 nitrogen and oxygen atoms in total. The number of benzene rings is 1. The molecule has 0 fully saturated rings. The molecular formula is C14H16O. The summed E-state index contributed by atoms with van der Waals surface area (Å²) in [5.74, 6) is 1.64. The van der Waals surface area contributed by atoms with Gasteiger partial charge in [-0.05, 0) is 30.0 Å². The van der Waals surface area contributed by atoms with E-state index < -0.39 is 0 Å². The average Bonchev–Trinajstić information content (AvgIpc) is 2.71. The fraction of sp³-hybridized carbons (Fsp3) is 0.286. The molecule has 0 saturated carbocycles. The first-order chi connectivity index (χ1) is 7.25.